The van der Waals surface area contributed by atoms with Crippen LogP contribution in [0.15, 0.2) is 11.4 Å². The Hall–Kier alpha value is -0.260. The van der Waals surface area contributed by atoms with Crippen molar-refractivity contribution in [2.45, 2.75) is 13.3 Å². The molecule has 0 nitrogen and oxygen atoms in total. The van der Waals surface area contributed by atoms with Crippen molar-refractivity contribution in [2.75, 3.05) is 5.33 Å². The summed E-state index contributed by atoms with van der Waals surface area (Å²) in [6, 6.07) is 2.12. The zero-order valence-corrected chi connectivity index (χ0v) is 8.76. The molecule has 11 heavy (non-hydrogen) atoms. The average Bonchev–Trinajstić information content (AvgIpc) is 2.37. The first-order valence-corrected chi connectivity index (χ1v) is 5.43. The zero-order valence-electron chi connectivity index (χ0n) is 6.36. The van der Waals surface area contributed by atoms with Gasteiger partial charge in [0.25, 0.3) is 0 Å². The van der Waals surface area contributed by atoms with Crippen molar-refractivity contribution in [3.05, 3.63) is 21.9 Å². The molecule has 0 bridgehead atoms. The number of aryl methyl sites for hydroxylation is 1. The Bertz CT molecular complexity index is 277. The summed E-state index contributed by atoms with van der Waals surface area (Å²) in [6.07, 6.45) is 0.925. The summed E-state index contributed by atoms with van der Waals surface area (Å²) in [5.74, 6) is 6.17. The van der Waals surface area contributed by atoms with Gasteiger partial charge in [0.1, 0.15) is 0 Å². The predicted octanol–water partition coefficient (Wildman–Crippen LogP) is 3.19. The lowest BCUT2D eigenvalue weighted by atomic mass is 10.3. The van der Waals surface area contributed by atoms with Crippen molar-refractivity contribution >= 4 is 27.3 Å². The molecular formula is C9H9BrS. The molecule has 0 amide bonds. The van der Waals surface area contributed by atoms with E-state index in [2.05, 4.69) is 46.1 Å². The van der Waals surface area contributed by atoms with Crippen LogP contribution in [-0.2, 0) is 0 Å². The maximum Gasteiger partial charge on any atom is 0.0354 e. The second kappa shape index (κ2) is 4.58. The second-order valence-corrected chi connectivity index (χ2v) is 4.10. The molecule has 0 aliphatic carbocycles. The van der Waals surface area contributed by atoms with Crippen LogP contribution in [0.4, 0.5) is 0 Å². The number of alkyl halides is 1. The smallest absolute Gasteiger partial charge is 0.0354 e. The molecule has 0 aliphatic rings. The summed E-state index contributed by atoms with van der Waals surface area (Å²) in [4.78, 5) is 1.33. The molecule has 0 fully saturated rings. The van der Waals surface area contributed by atoms with Gasteiger partial charge >= 0.3 is 0 Å². The van der Waals surface area contributed by atoms with Crippen molar-refractivity contribution in [3.63, 3.8) is 0 Å². The monoisotopic (exact) mass is 228 g/mol. The summed E-state index contributed by atoms with van der Waals surface area (Å²) < 4.78 is 0. The fourth-order valence-corrected chi connectivity index (χ4v) is 1.55. The van der Waals surface area contributed by atoms with E-state index in [9.17, 15) is 0 Å². The lowest BCUT2D eigenvalue weighted by Gasteiger charge is -1.77. The van der Waals surface area contributed by atoms with Gasteiger partial charge in [0, 0.05) is 27.6 Å². The predicted molar refractivity (Wildman–Crippen MR) is 54.3 cm³/mol. The van der Waals surface area contributed by atoms with E-state index in [1.807, 2.05) is 0 Å². The molecule has 1 aromatic heterocycles. The standard InChI is InChI=1S/C9H9BrS/c1-8-6-9(7-11-8)4-2-3-5-10/h6-7H,3,5H2,1H3. The number of thiophene rings is 1. The van der Waals surface area contributed by atoms with Crippen molar-refractivity contribution in [1.82, 2.24) is 0 Å². The van der Waals surface area contributed by atoms with Gasteiger partial charge in [-0.25, -0.2) is 0 Å². The summed E-state index contributed by atoms with van der Waals surface area (Å²) >= 11 is 5.08. The molecular weight excluding hydrogens is 220 g/mol. The molecule has 0 spiro atoms. The molecule has 0 saturated heterocycles. The highest BCUT2D eigenvalue weighted by molar-refractivity contribution is 9.09. The summed E-state index contributed by atoms with van der Waals surface area (Å²) in [6.45, 7) is 2.10. The molecule has 0 aromatic carbocycles. The lowest BCUT2D eigenvalue weighted by molar-refractivity contribution is 1.32. The molecule has 1 aromatic rings. The van der Waals surface area contributed by atoms with Crippen molar-refractivity contribution in [2.24, 2.45) is 0 Å². The van der Waals surface area contributed by atoms with Gasteiger partial charge in [-0.1, -0.05) is 27.8 Å². The Morgan fingerprint density at radius 2 is 2.45 bits per heavy atom. The molecule has 0 unspecified atom stereocenters. The molecule has 0 atom stereocenters. The summed E-state index contributed by atoms with van der Waals surface area (Å²) in [5.41, 5.74) is 1.15. The van der Waals surface area contributed by atoms with Crippen LogP contribution in [0, 0.1) is 18.8 Å². The van der Waals surface area contributed by atoms with Gasteiger partial charge in [0.2, 0.25) is 0 Å². The van der Waals surface area contributed by atoms with E-state index in [-0.39, 0.29) is 0 Å². The Labute approximate surface area is 79.8 Å². The van der Waals surface area contributed by atoms with Crippen molar-refractivity contribution < 1.29 is 0 Å². The molecule has 1 heterocycles. The van der Waals surface area contributed by atoms with Crippen molar-refractivity contribution in [3.8, 4) is 11.8 Å². The van der Waals surface area contributed by atoms with Crippen molar-refractivity contribution in [1.29, 1.82) is 0 Å². The Morgan fingerprint density at radius 3 is 3.00 bits per heavy atom. The molecule has 1 rings (SSSR count). The van der Waals surface area contributed by atoms with E-state index in [1.54, 1.807) is 11.3 Å². The molecule has 58 valence electrons. The van der Waals surface area contributed by atoms with Crippen LogP contribution in [0.1, 0.15) is 16.9 Å². The fraction of sp³-hybridized carbons (Fsp3) is 0.333. The molecule has 0 aliphatic heterocycles. The Kier molecular flexibility index (Phi) is 3.68. The summed E-state index contributed by atoms with van der Waals surface area (Å²) in [7, 11) is 0. The Balaban J connectivity index is 2.59. The minimum absolute atomic E-state index is 0.925. The van der Waals surface area contributed by atoms with E-state index in [0.29, 0.717) is 0 Å². The van der Waals surface area contributed by atoms with Gasteiger partial charge in [0.05, 0.1) is 0 Å². The molecule has 0 radical (unpaired) electrons. The van der Waals surface area contributed by atoms with Gasteiger partial charge in [0.15, 0.2) is 0 Å². The van der Waals surface area contributed by atoms with Crippen LogP contribution in [0.2, 0.25) is 0 Å². The highest BCUT2D eigenvalue weighted by Gasteiger charge is 1.88. The number of halogens is 1. The van der Waals surface area contributed by atoms with Gasteiger partial charge in [-0.15, -0.1) is 11.3 Å². The largest absolute Gasteiger partial charge is 0.148 e. The molecule has 0 saturated carbocycles. The third-order valence-electron chi connectivity index (χ3n) is 1.18. The number of hydrogen-bond acceptors (Lipinski definition) is 1. The third-order valence-corrected chi connectivity index (χ3v) is 2.44. The Morgan fingerprint density at radius 1 is 1.64 bits per heavy atom. The highest BCUT2D eigenvalue weighted by Crippen LogP contribution is 2.11. The first-order valence-electron chi connectivity index (χ1n) is 3.43. The number of rotatable bonds is 1. The fourth-order valence-electron chi connectivity index (χ4n) is 0.721. The average molecular weight is 229 g/mol. The quantitative estimate of drug-likeness (QED) is 0.512. The highest BCUT2D eigenvalue weighted by atomic mass is 79.9. The van der Waals surface area contributed by atoms with Crippen LogP contribution in [0.3, 0.4) is 0 Å². The molecule has 0 N–H and O–H groups in total. The third kappa shape index (κ3) is 3.09. The van der Waals surface area contributed by atoms with E-state index >= 15 is 0 Å². The van der Waals surface area contributed by atoms with Crippen LogP contribution >= 0.6 is 27.3 Å². The minimum atomic E-state index is 0.925. The first kappa shape index (κ1) is 8.83. The summed E-state index contributed by atoms with van der Waals surface area (Å²) in [5, 5.41) is 3.06. The topological polar surface area (TPSA) is 0 Å². The zero-order chi connectivity index (χ0) is 8.10. The van der Waals surface area contributed by atoms with Crippen LogP contribution in [0.25, 0.3) is 0 Å². The van der Waals surface area contributed by atoms with Gasteiger partial charge in [-0.05, 0) is 13.0 Å². The van der Waals surface area contributed by atoms with Gasteiger partial charge in [-0.2, -0.15) is 0 Å². The maximum atomic E-state index is 3.33. The van der Waals surface area contributed by atoms with E-state index < -0.39 is 0 Å². The maximum absolute atomic E-state index is 3.33. The first-order chi connectivity index (χ1) is 5.33. The van der Waals surface area contributed by atoms with E-state index in [4.69, 9.17) is 0 Å². The van der Waals surface area contributed by atoms with Crippen LogP contribution in [0.5, 0.6) is 0 Å². The van der Waals surface area contributed by atoms with E-state index in [0.717, 1.165) is 17.3 Å². The lowest BCUT2D eigenvalue weighted by Crippen LogP contribution is -1.67. The van der Waals surface area contributed by atoms with Gasteiger partial charge < -0.3 is 0 Å². The molecule has 2 heteroatoms. The van der Waals surface area contributed by atoms with Crippen LogP contribution in [-0.4, -0.2) is 5.33 Å². The second-order valence-electron chi connectivity index (χ2n) is 2.19. The normalized spacial score (nSPS) is 8.91. The van der Waals surface area contributed by atoms with Gasteiger partial charge in [-0.3, -0.25) is 0 Å². The SMILES string of the molecule is Cc1cc(C#CCCBr)cs1. The van der Waals surface area contributed by atoms with Crippen LogP contribution < -0.4 is 0 Å². The minimum Gasteiger partial charge on any atom is -0.148 e. The number of hydrogen-bond donors (Lipinski definition) is 0. The van der Waals surface area contributed by atoms with E-state index in [1.165, 1.54) is 4.88 Å².